The highest BCUT2D eigenvalue weighted by molar-refractivity contribution is 6.01. The molecule has 1 aliphatic rings. The second-order valence-corrected chi connectivity index (χ2v) is 8.13. The van der Waals surface area contributed by atoms with E-state index in [0.717, 1.165) is 17.8 Å². The van der Waals surface area contributed by atoms with E-state index in [1.807, 2.05) is 60.3 Å². The third-order valence-electron chi connectivity index (χ3n) is 5.82. The Bertz CT molecular complexity index is 1320. The Morgan fingerprint density at radius 3 is 2.68 bits per heavy atom. The molecule has 0 aliphatic carbocycles. The molecule has 0 saturated carbocycles. The molecule has 0 fully saturated rings. The molecule has 0 saturated heterocycles. The fraction of sp³-hybridized carbons (Fsp3) is 0.304. The van der Waals surface area contributed by atoms with Crippen molar-refractivity contribution in [2.75, 3.05) is 11.9 Å². The highest BCUT2D eigenvalue weighted by Crippen LogP contribution is 2.26. The Labute approximate surface area is 196 Å². The summed E-state index contributed by atoms with van der Waals surface area (Å²) in [5.74, 6) is -0.0134. The van der Waals surface area contributed by atoms with E-state index in [2.05, 4.69) is 25.6 Å². The number of nitrogens with one attached hydrogen (secondary N) is 1. The molecular weight excluding hydrogens is 434 g/mol. The van der Waals surface area contributed by atoms with Crippen LogP contribution in [-0.2, 0) is 24.4 Å². The number of benzene rings is 1. The minimum Gasteiger partial charge on any atom is -0.337 e. The summed E-state index contributed by atoms with van der Waals surface area (Å²) < 4.78 is 5.20. The Morgan fingerprint density at radius 2 is 1.91 bits per heavy atom. The van der Waals surface area contributed by atoms with Gasteiger partial charge in [0.1, 0.15) is 29.6 Å². The number of carbonyl (C=O) groups is 2. The van der Waals surface area contributed by atoms with Crippen LogP contribution >= 0.6 is 0 Å². The molecule has 0 spiro atoms. The number of aryl methyl sites for hydroxylation is 2. The zero-order chi connectivity index (χ0) is 23.7. The number of fused-ring (bicyclic) bond motifs is 1. The van der Waals surface area contributed by atoms with Gasteiger partial charge in [-0.25, -0.2) is 14.3 Å². The van der Waals surface area contributed by atoms with Crippen LogP contribution in [0.25, 0.3) is 11.4 Å². The zero-order valence-electron chi connectivity index (χ0n) is 19.0. The molecule has 0 radical (unpaired) electrons. The highest BCUT2D eigenvalue weighted by atomic mass is 16.2. The molecule has 0 bridgehead atoms. The van der Waals surface area contributed by atoms with Crippen LogP contribution in [0.3, 0.4) is 0 Å². The van der Waals surface area contributed by atoms with E-state index in [1.54, 1.807) is 16.4 Å². The predicted molar refractivity (Wildman–Crippen MR) is 124 cm³/mol. The van der Waals surface area contributed by atoms with Gasteiger partial charge in [0.2, 0.25) is 5.82 Å². The average molecular weight is 460 g/mol. The van der Waals surface area contributed by atoms with Crippen molar-refractivity contribution in [2.24, 2.45) is 0 Å². The lowest BCUT2D eigenvalue weighted by molar-refractivity contribution is -0.120. The third kappa shape index (κ3) is 4.19. The first-order valence-electron chi connectivity index (χ1n) is 11.2. The molecule has 5 rings (SSSR count). The van der Waals surface area contributed by atoms with Crippen molar-refractivity contribution in [3.05, 3.63) is 66.4 Å². The van der Waals surface area contributed by atoms with Crippen LogP contribution in [0.2, 0.25) is 0 Å². The van der Waals surface area contributed by atoms with Crippen molar-refractivity contribution in [3.8, 4) is 11.4 Å². The molecule has 11 heteroatoms. The van der Waals surface area contributed by atoms with E-state index >= 15 is 0 Å². The van der Waals surface area contributed by atoms with Gasteiger partial charge in [-0.05, 0) is 25.0 Å². The molecule has 174 valence electrons. The number of nitrogens with zero attached hydrogens (tertiary/aromatic N) is 8. The summed E-state index contributed by atoms with van der Waals surface area (Å²) in [5, 5.41) is 16.2. The van der Waals surface area contributed by atoms with Crippen molar-refractivity contribution in [1.29, 1.82) is 0 Å². The van der Waals surface area contributed by atoms with Crippen molar-refractivity contribution in [2.45, 2.75) is 39.0 Å². The zero-order valence-corrected chi connectivity index (χ0v) is 19.0. The van der Waals surface area contributed by atoms with Gasteiger partial charge in [0.25, 0.3) is 11.8 Å². The molecule has 1 aliphatic heterocycles. The normalized spacial score (nSPS) is 15.8. The van der Waals surface area contributed by atoms with Gasteiger partial charge in [0.05, 0.1) is 6.54 Å². The second-order valence-electron chi connectivity index (χ2n) is 8.13. The van der Waals surface area contributed by atoms with Crippen LogP contribution in [0.15, 0.2) is 55.0 Å². The summed E-state index contributed by atoms with van der Waals surface area (Å²) in [6.07, 6.45) is 3.81. The maximum absolute atomic E-state index is 13.1. The van der Waals surface area contributed by atoms with Gasteiger partial charge < -0.3 is 5.32 Å². The molecule has 3 aromatic heterocycles. The first-order chi connectivity index (χ1) is 16.5. The summed E-state index contributed by atoms with van der Waals surface area (Å²) in [7, 11) is 1.68. The maximum Gasteiger partial charge on any atom is 0.291 e. The van der Waals surface area contributed by atoms with Gasteiger partial charge in [0.15, 0.2) is 0 Å². The van der Waals surface area contributed by atoms with Crippen LogP contribution in [0.5, 0.6) is 0 Å². The lowest BCUT2D eigenvalue weighted by Gasteiger charge is -2.19. The first-order valence-corrected chi connectivity index (χ1v) is 11.2. The Balaban J connectivity index is 1.27. The number of carbonyl (C=O) groups excluding carboxylic acids is 2. The van der Waals surface area contributed by atoms with Crippen molar-refractivity contribution in [1.82, 2.24) is 39.6 Å². The van der Waals surface area contributed by atoms with Gasteiger partial charge in [-0.1, -0.05) is 30.3 Å². The minimum atomic E-state index is -0.706. The average Bonchev–Trinajstić information content (AvgIpc) is 3.59. The SMILES string of the molecule is CCn1ccc(-c2cc3n(n2)CCC(NC(=O)c2ncn(Cc4ccccc4)n2)C(=O)N3C)n1. The van der Waals surface area contributed by atoms with E-state index in [1.165, 1.54) is 11.2 Å². The van der Waals surface area contributed by atoms with Crippen LogP contribution in [-0.4, -0.2) is 59.2 Å². The Kier molecular flexibility index (Phi) is 5.66. The van der Waals surface area contributed by atoms with Gasteiger partial charge in [0, 0.05) is 32.4 Å². The fourth-order valence-electron chi connectivity index (χ4n) is 3.96. The molecule has 4 aromatic rings. The van der Waals surface area contributed by atoms with E-state index in [4.69, 9.17) is 0 Å². The van der Waals surface area contributed by atoms with Crippen molar-refractivity contribution >= 4 is 17.6 Å². The van der Waals surface area contributed by atoms with E-state index in [9.17, 15) is 9.59 Å². The molecule has 11 nitrogen and oxygen atoms in total. The van der Waals surface area contributed by atoms with Gasteiger partial charge in [-0.3, -0.25) is 19.2 Å². The summed E-state index contributed by atoms with van der Waals surface area (Å²) in [5.41, 5.74) is 2.51. The molecule has 1 unspecified atom stereocenters. The maximum atomic E-state index is 13.1. The molecular formula is C23H25N9O2. The molecule has 4 heterocycles. The third-order valence-corrected chi connectivity index (χ3v) is 5.82. The number of amides is 2. The minimum absolute atomic E-state index is 0.0298. The number of rotatable bonds is 6. The lowest BCUT2D eigenvalue weighted by atomic mass is 10.2. The Morgan fingerprint density at radius 1 is 1.09 bits per heavy atom. The molecule has 1 aromatic carbocycles. The summed E-state index contributed by atoms with van der Waals surface area (Å²) in [4.78, 5) is 31.5. The summed E-state index contributed by atoms with van der Waals surface area (Å²) >= 11 is 0. The number of aromatic nitrogens is 7. The molecule has 34 heavy (non-hydrogen) atoms. The molecule has 2 amide bonds. The number of hydrogen-bond donors (Lipinski definition) is 1. The van der Waals surface area contributed by atoms with E-state index in [0.29, 0.717) is 31.0 Å². The van der Waals surface area contributed by atoms with Crippen LogP contribution in [0.1, 0.15) is 29.5 Å². The van der Waals surface area contributed by atoms with Crippen molar-refractivity contribution < 1.29 is 9.59 Å². The summed E-state index contributed by atoms with van der Waals surface area (Å²) in [6, 6.07) is 12.8. The van der Waals surface area contributed by atoms with Crippen molar-refractivity contribution in [3.63, 3.8) is 0 Å². The fourth-order valence-corrected chi connectivity index (χ4v) is 3.96. The van der Waals surface area contributed by atoms with Crippen LogP contribution < -0.4 is 10.2 Å². The van der Waals surface area contributed by atoms with Crippen LogP contribution in [0.4, 0.5) is 5.82 Å². The largest absolute Gasteiger partial charge is 0.337 e. The quantitative estimate of drug-likeness (QED) is 0.468. The molecule has 1 N–H and O–H groups in total. The van der Waals surface area contributed by atoms with Gasteiger partial charge >= 0.3 is 0 Å². The lowest BCUT2D eigenvalue weighted by Crippen LogP contribution is -2.47. The highest BCUT2D eigenvalue weighted by Gasteiger charge is 2.31. The van der Waals surface area contributed by atoms with Gasteiger partial charge in [-0.2, -0.15) is 10.2 Å². The standard InChI is InChI=1S/C23H25N9O2/c1-3-30-11-9-17(26-30)19-13-20-29(2)23(34)18(10-12-32(20)27-19)25-22(33)21-24-15-31(28-21)14-16-7-5-4-6-8-16/h4-9,11,13,15,18H,3,10,12,14H2,1-2H3,(H,25,33). The number of hydrogen-bond acceptors (Lipinski definition) is 6. The van der Waals surface area contributed by atoms with E-state index in [-0.39, 0.29) is 11.7 Å². The number of anilines is 1. The summed E-state index contributed by atoms with van der Waals surface area (Å²) in [6.45, 7) is 3.77. The smallest absolute Gasteiger partial charge is 0.291 e. The topological polar surface area (TPSA) is 116 Å². The second kappa shape index (κ2) is 8.93. The molecule has 1 atom stereocenters. The Hall–Kier alpha value is -4.28. The van der Waals surface area contributed by atoms with E-state index < -0.39 is 11.9 Å². The predicted octanol–water partition coefficient (Wildman–Crippen LogP) is 1.57. The first kappa shape index (κ1) is 21.6. The van der Waals surface area contributed by atoms with Crippen LogP contribution in [0, 0.1) is 0 Å². The number of likely N-dealkylation sites (N-methyl/N-ethyl adjacent to an activating group) is 1. The monoisotopic (exact) mass is 459 g/mol. The van der Waals surface area contributed by atoms with Gasteiger partial charge in [-0.15, -0.1) is 5.10 Å².